The number of methoxy groups -OCH3 is 1. The number of fused-ring (bicyclic) bond motifs is 1. The summed E-state index contributed by atoms with van der Waals surface area (Å²) in [7, 11) is 1.65. The maximum atomic E-state index is 12.1. The van der Waals surface area contributed by atoms with Gasteiger partial charge in [-0.3, -0.25) is 4.79 Å². The average molecular weight is 346 g/mol. The molecule has 1 N–H and O–H groups in total. The van der Waals surface area contributed by atoms with Crippen LogP contribution in [0, 0.1) is 0 Å². The molecule has 1 heterocycles. The monoisotopic (exact) mass is 346 g/mol. The number of ether oxygens (including phenoxy) is 2. The Labute approximate surface area is 145 Å². The molecule has 0 aliphatic heterocycles. The third kappa shape index (κ3) is 4.32. The van der Waals surface area contributed by atoms with Crippen LogP contribution in [0.25, 0.3) is 0 Å². The summed E-state index contributed by atoms with van der Waals surface area (Å²) in [5.41, 5.74) is 1.91. The first kappa shape index (κ1) is 16.9. The van der Waals surface area contributed by atoms with Crippen LogP contribution in [0.3, 0.4) is 0 Å². The summed E-state index contributed by atoms with van der Waals surface area (Å²) in [5.74, 6) is 2.51. The molecular weight excluding hydrogens is 324 g/mol. The minimum absolute atomic E-state index is 0.0386. The molecule has 0 unspecified atom stereocenters. The second-order valence-electron chi connectivity index (χ2n) is 5.73. The fraction of sp³-hybridized carbons (Fsp3) is 0.444. The number of aryl methyl sites for hydroxylation is 1. The largest absolute Gasteiger partial charge is 0.497 e. The van der Waals surface area contributed by atoms with Crippen molar-refractivity contribution in [2.24, 2.45) is 0 Å². The minimum Gasteiger partial charge on any atom is -0.497 e. The van der Waals surface area contributed by atoms with Crippen LogP contribution in [0.2, 0.25) is 0 Å². The molecule has 0 amide bonds. The highest BCUT2D eigenvalue weighted by Gasteiger charge is 2.15. The standard InChI is InChI=1S/C18H22N2O3S/c1-22-13-7-9-14(10-8-13)23-11-4-12-24-18-19-16-6-3-2-5-15(16)17(21)20-18/h7-10H,2-6,11-12H2,1H3,(H,19,20,21). The molecule has 3 rings (SSSR count). The zero-order valence-electron chi connectivity index (χ0n) is 13.8. The van der Waals surface area contributed by atoms with Crippen LogP contribution >= 0.6 is 11.8 Å². The van der Waals surface area contributed by atoms with Crippen molar-refractivity contribution in [2.45, 2.75) is 37.3 Å². The number of aromatic amines is 1. The van der Waals surface area contributed by atoms with Gasteiger partial charge in [-0.2, -0.15) is 0 Å². The molecule has 1 aromatic carbocycles. The number of rotatable bonds is 7. The van der Waals surface area contributed by atoms with Gasteiger partial charge in [-0.1, -0.05) is 11.8 Å². The van der Waals surface area contributed by atoms with E-state index in [-0.39, 0.29) is 5.56 Å². The zero-order valence-corrected chi connectivity index (χ0v) is 14.7. The highest BCUT2D eigenvalue weighted by Crippen LogP contribution is 2.20. The average Bonchev–Trinajstić information content (AvgIpc) is 2.62. The highest BCUT2D eigenvalue weighted by atomic mass is 32.2. The van der Waals surface area contributed by atoms with E-state index in [0.29, 0.717) is 6.61 Å². The van der Waals surface area contributed by atoms with Gasteiger partial charge < -0.3 is 14.5 Å². The molecule has 0 spiro atoms. The topological polar surface area (TPSA) is 64.2 Å². The van der Waals surface area contributed by atoms with E-state index in [0.717, 1.165) is 65.8 Å². The van der Waals surface area contributed by atoms with Crippen LogP contribution in [0.4, 0.5) is 0 Å². The number of nitrogens with one attached hydrogen (secondary N) is 1. The van der Waals surface area contributed by atoms with Gasteiger partial charge in [-0.05, 0) is 56.4 Å². The first-order valence-corrected chi connectivity index (χ1v) is 9.26. The number of nitrogens with zero attached hydrogens (tertiary/aromatic N) is 1. The fourth-order valence-electron chi connectivity index (χ4n) is 2.74. The Kier molecular flexibility index (Phi) is 5.80. The molecule has 0 saturated heterocycles. The van der Waals surface area contributed by atoms with E-state index in [1.807, 2.05) is 24.3 Å². The lowest BCUT2D eigenvalue weighted by Crippen LogP contribution is -2.21. The Morgan fingerprint density at radius 2 is 1.92 bits per heavy atom. The zero-order chi connectivity index (χ0) is 16.8. The Morgan fingerprint density at radius 1 is 1.17 bits per heavy atom. The number of hydrogen-bond donors (Lipinski definition) is 1. The van der Waals surface area contributed by atoms with Gasteiger partial charge in [0.1, 0.15) is 11.5 Å². The lowest BCUT2D eigenvalue weighted by molar-refractivity contribution is 0.318. The van der Waals surface area contributed by atoms with Crippen molar-refractivity contribution in [3.8, 4) is 11.5 Å². The molecule has 1 aliphatic carbocycles. The van der Waals surface area contributed by atoms with Gasteiger partial charge in [0.15, 0.2) is 5.16 Å². The van der Waals surface area contributed by atoms with Gasteiger partial charge in [0.25, 0.3) is 5.56 Å². The molecule has 0 bridgehead atoms. The maximum absolute atomic E-state index is 12.1. The number of H-pyrrole nitrogens is 1. The van der Waals surface area contributed by atoms with Crippen LogP contribution in [-0.2, 0) is 12.8 Å². The minimum atomic E-state index is 0.0386. The van der Waals surface area contributed by atoms with Crippen molar-refractivity contribution < 1.29 is 9.47 Å². The van der Waals surface area contributed by atoms with Gasteiger partial charge in [0.05, 0.1) is 19.4 Å². The Morgan fingerprint density at radius 3 is 2.71 bits per heavy atom. The van der Waals surface area contributed by atoms with Crippen LogP contribution in [0.5, 0.6) is 11.5 Å². The van der Waals surface area contributed by atoms with Crippen LogP contribution in [0.15, 0.2) is 34.2 Å². The van der Waals surface area contributed by atoms with Crippen LogP contribution in [0.1, 0.15) is 30.5 Å². The predicted molar refractivity (Wildman–Crippen MR) is 95.3 cm³/mol. The third-order valence-electron chi connectivity index (χ3n) is 4.03. The van der Waals surface area contributed by atoms with E-state index in [1.54, 1.807) is 18.9 Å². The summed E-state index contributed by atoms with van der Waals surface area (Å²) in [6.45, 7) is 0.633. The molecule has 0 fully saturated rings. The Hall–Kier alpha value is -1.95. The van der Waals surface area contributed by atoms with E-state index in [4.69, 9.17) is 9.47 Å². The molecule has 0 radical (unpaired) electrons. The van der Waals surface area contributed by atoms with Crippen molar-refractivity contribution in [1.82, 2.24) is 9.97 Å². The first-order valence-electron chi connectivity index (χ1n) is 8.28. The first-order chi connectivity index (χ1) is 11.8. The van der Waals surface area contributed by atoms with Gasteiger partial charge >= 0.3 is 0 Å². The lowest BCUT2D eigenvalue weighted by Gasteiger charge is -2.14. The van der Waals surface area contributed by atoms with E-state index < -0.39 is 0 Å². The quantitative estimate of drug-likeness (QED) is 0.474. The number of thioether (sulfide) groups is 1. The van der Waals surface area contributed by atoms with Crippen molar-refractivity contribution in [2.75, 3.05) is 19.5 Å². The molecular formula is C18H22N2O3S. The smallest absolute Gasteiger partial charge is 0.254 e. The molecule has 0 atom stereocenters. The Balaban J connectivity index is 1.45. The third-order valence-corrected chi connectivity index (χ3v) is 4.98. The van der Waals surface area contributed by atoms with Crippen LogP contribution < -0.4 is 15.0 Å². The second-order valence-corrected chi connectivity index (χ2v) is 6.81. The summed E-state index contributed by atoms with van der Waals surface area (Å²) in [5, 5.41) is 0.727. The van der Waals surface area contributed by atoms with Gasteiger partial charge in [0, 0.05) is 11.3 Å². The number of benzene rings is 1. The van der Waals surface area contributed by atoms with Crippen molar-refractivity contribution in [1.29, 1.82) is 0 Å². The van der Waals surface area contributed by atoms with Gasteiger partial charge in [-0.25, -0.2) is 4.98 Å². The SMILES string of the molecule is COc1ccc(OCCCSc2nc3c(c(=O)[nH]2)CCCC3)cc1. The van der Waals surface area contributed by atoms with Crippen LogP contribution in [-0.4, -0.2) is 29.4 Å². The summed E-state index contributed by atoms with van der Waals surface area (Å²) in [6, 6.07) is 7.56. The molecule has 24 heavy (non-hydrogen) atoms. The van der Waals surface area contributed by atoms with E-state index in [9.17, 15) is 4.79 Å². The molecule has 6 heteroatoms. The summed E-state index contributed by atoms with van der Waals surface area (Å²) in [6.07, 6.45) is 4.89. The van der Waals surface area contributed by atoms with E-state index in [2.05, 4.69) is 9.97 Å². The fourth-order valence-corrected chi connectivity index (χ4v) is 3.53. The molecule has 1 aliphatic rings. The summed E-state index contributed by atoms with van der Waals surface area (Å²) < 4.78 is 10.8. The molecule has 2 aromatic rings. The second kappa shape index (κ2) is 8.24. The molecule has 5 nitrogen and oxygen atoms in total. The normalized spacial score (nSPS) is 13.4. The van der Waals surface area contributed by atoms with Gasteiger partial charge in [0.2, 0.25) is 0 Å². The van der Waals surface area contributed by atoms with Crippen molar-refractivity contribution >= 4 is 11.8 Å². The highest BCUT2D eigenvalue weighted by molar-refractivity contribution is 7.99. The lowest BCUT2D eigenvalue weighted by atomic mass is 9.97. The molecule has 1 aromatic heterocycles. The molecule has 0 saturated carbocycles. The maximum Gasteiger partial charge on any atom is 0.254 e. The number of aromatic nitrogens is 2. The molecule has 128 valence electrons. The van der Waals surface area contributed by atoms with E-state index in [1.165, 1.54) is 0 Å². The van der Waals surface area contributed by atoms with Gasteiger partial charge in [-0.15, -0.1) is 0 Å². The Bertz CT molecular complexity index is 728. The van der Waals surface area contributed by atoms with Crippen molar-refractivity contribution in [3.63, 3.8) is 0 Å². The summed E-state index contributed by atoms with van der Waals surface area (Å²) in [4.78, 5) is 19.6. The van der Waals surface area contributed by atoms with Crippen molar-refractivity contribution in [3.05, 3.63) is 45.9 Å². The summed E-state index contributed by atoms with van der Waals surface area (Å²) >= 11 is 1.58. The van der Waals surface area contributed by atoms with E-state index >= 15 is 0 Å². The predicted octanol–water partition coefficient (Wildman–Crippen LogP) is 3.22. The number of hydrogen-bond acceptors (Lipinski definition) is 5.